The molecule has 2 heterocycles. The number of amides is 1. The van der Waals surface area contributed by atoms with Crippen LogP contribution in [0, 0.1) is 6.92 Å². The van der Waals surface area contributed by atoms with Crippen molar-refractivity contribution < 1.29 is 4.79 Å². The van der Waals surface area contributed by atoms with E-state index in [1.807, 2.05) is 45.0 Å². The molecule has 3 aromatic rings. The summed E-state index contributed by atoms with van der Waals surface area (Å²) in [5, 5.41) is 4.48. The van der Waals surface area contributed by atoms with Crippen LogP contribution < -0.4 is 16.6 Å². The molecule has 1 atom stereocenters. The second kappa shape index (κ2) is 7.87. The monoisotopic (exact) mass is 386 g/mol. The number of nitrogens with one attached hydrogen (secondary N) is 1. The van der Waals surface area contributed by atoms with Crippen molar-refractivity contribution in [3.8, 4) is 0 Å². The van der Waals surface area contributed by atoms with E-state index in [2.05, 4.69) is 9.69 Å². The Hall–Kier alpha value is -2.74. The number of aryl methyl sites for hydroxylation is 1. The van der Waals surface area contributed by atoms with Crippen LogP contribution in [0.1, 0.15) is 31.4 Å². The Balaban J connectivity index is 2.06. The van der Waals surface area contributed by atoms with Crippen LogP contribution in [-0.2, 0) is 17.9 Å². The third-order valence-electron chi connectivity index (χ3n) is 4.50. The summed E-state index contributed by atoms with van der Waals surface area (Å²) in [5.41, 5.74) is 1.56. The molecule has 0 bridgehead atoms. The van der Waals surface area contributed by atoms with E-state index in [0.29, 0.717) is 5.52 Å². The largest absolute Gasteiger partial charge is 0.352 e. The number of carbonyl (C=O) groups is 1. The van der Waals surface area contributed by atoms with Gasteiger partial charge in [0.15, 0.2) is 5.52 Å². The normalized spacial score (nSPS) is 12.3. The van der Waals surface area contributed by atoms with Crippen molar-refractivity contribution >= 4 is 28.5 Å². The van der Waals surface area contributed by atoms with Crippen molar-refractivity contribution in [2.24, 2.45) is 0 Å². The molecular weight excluding hydrogens is 364 g/mol. The molecular formula is C19H22N4O3S. The first-order valence-corrected chi connectivity index (χ1v) is 9.67. The maximum atomic E-state index is 13.0. The lowest BCUT2D eigenvalue weighted by atomic mass is 10.1. The maximum Gasteiger partial charge on any atom is 0.332 e. The van der Waals surface area contributed by atoms with Crippen LogP contribution in [0.15, 0.2) is 39.2 Å². The standard InChI is InChI=1S/C19H22N4O3S/c1-4-13(3)20-16(24)10-22-15-11-27-21-17(15)18(25)23(19(22)26)9-14-7-5-6-12(2)8-14/h5-8,11,13H,4,9-10H2,1-3H3,(H,20,24)/t13-/m1/s1. The van der Waals surface area contributed by atoms with E-state index in [1.165, 1.54) is 4.57 Å². The van der Waals surface area contributed by atoms with Gasteiger partial charge in [0.25, 0.3) is 5.56 Å². The quantitative estimate of drug-likeness (QED) is 0.701. The highest BCUT2D eigenvalue weighted by atomic mass is 32.1. The van der Waals surface area contributed by atoms with E-state index in [9.17, 15) is 14.4 Å². The molecule has 8 heteroatoms. The molecule has 3 rings (SSSR count). The topological polar surface area (TPSA) is 86.0 Å². The van der Waals surface area contributed by atoms with Gasteiger partial charge in [0.05, 0.1) is 12.1 Å². The van der Waals surface area contributed by atoms with Crippen molar-refractivity contribution in [3.05, 3.63) is 61.6 Å². The molecule has 27 heavy (non-hydrogen) atoms. The number of benzene rings is 1. The Bertz CT molecular complexity index is 1100. The number of aromatic nitrogens is 3. The summed E-state index contributed by atoms with van der Waals surface area (Å²) in [7, 11) is 0. The van der Waals surface area contributed by atoms with Gasteiger partial charge in [0.1, 0.15) is 6.54 Å². The van der Waals surface area contributed by atoms with Gasteiger partial charge < -0.3 is 5.32 Å². The fourth-order valence-electron chi connectivity index (χ4n) is 2.89. The van der Waals surface area contributed by atoms with Gasteiger partial charge in [0.2, 0.25) is 5.91 Å². The molecule has 0 saturated heterocycles. The van der Waals surface area contributed by atoms with Gasteiger partial charge in [-0.3, -0.25) is 18.7 Å². The molecule has 1 aromatic carbocycles. The summed E-state index contributed by atoms with van der Waals surface area (Å²) in [5.74, 6) is -0.264. The summed E-state index contributed by atoms with van der Waals surface area (Å²) in [6.45, 7) is 5.82. The predicted molar refractivity (Wildman–Crippen MR) is 106 cm³/mol. The van der Waals surface area contributed by atoms with Crippen molar-refractivity contribution in [1.82, 2.24) is 18.8 Å². The molecule has 0 fully saturated rings. The van der Waals surface area contributed by atoms with Gasteiger partial charge in [0, 0.05) is 11.4 Å². The minimum Gasteiger partial charge on any atom is -0.352 e. The highest BCUT2D eigenvalue weighted by molar-refractivity contribution is 7.04. The van der Waals surface area contributed by atoms with Gasteiger partial charge in [-0.05, 0) is 37.4 Å². The SMILES string of the molecule is CC[C@@H](C)NC(=O)Cn1c(=O)n(Cc2cccc(C)c2)c(=O)c2nscc21. The maximum absolute atomic E-state index is 13.0. The van der Waals surface area contributed by atoms with Crippen molar-refractivity contribution in [2.75, 3.05) is 0 Å². The van der Waals surface area contributed by atoms with Crippen molar-refractivity contribution in [1.29, 1.82) is 0 Å². The number of hydrogen-bond acceptors (Lipinski definition) is 5. The summed E-state index contributed by atoms with van der Waals surface area (Å²) in [6, 6.07) is 7.64. The average molecular weight is 386 g/mol. The van der Waals surface area contributed by atoms with E-state index in [1.54, 1.807) is 5.38 Å². The molecule has 1 N–H and O–H groups in total. The third-order valence-corrected chi connectivity index (χ3v) is 5.11. The highest BCUT2D eigenvalue weighted by Crippen LogP contribution is 2.11. The molecule has 2 aromatic heterocycles. The zero-order valence-corrected chi connectivity index (χ0v) is 16.4. The van der Waals surface area contributed by atoms with Gasteiger partial charge in [-0.15, -0.1) is 0 Å². The molecule has 142 valence electrons. The van der Waals surface area contributed by atoms with Crippen LogP contribution in [0.3, 0.4) is 0 Å². The molecule has 7 nitrogen and oxygen atoms in total. The third kappa shape index (κ3) is 4.00. The summed E-state index contributed by atoms with van der Waals surface area (Å²) < 4.78 is 6.61. The molecule has 0 radical (unpaired) electrons. The second-order valence-electron chi connectivity index (χ2n) is 6.67. The zero-order valence-electron chi connectivity index (χ0n) is 15.6. The molecule has 1 amide bonds. The van der Waals surface area contributed by atoms with E-state index in [-0.39, 0.29) is 30.6 Å². The van der Waals surface area contributed by atoms with Crippen LogP contribution in [0.5, 0.6) is 0 Å². The number of nitrogens with zero attached hydrogens (tertiary/aromatic N) is 3. The van der Waals surface area contributed by atoms with E-state index in [4.69, 9.17) is 0 Å². The molecule has 0 aliphatic heterocycles. The molecule has 0 spiro atoms. The lowest BCUT2D eigenvalue weighted by Gasteiger charge is -2.14. The van der Waals surface area contributed by atoms with Crippen LogP contribution in [0.2, 0.25) is 0 Å². The van der Waals surface area contributed by atoms with Crippen molar-refractivity contribution in [2.45, 2.75) is 46.3 Å². The fourth-order valence-corrected chi connectivity index (χ4v) is 3.55. The Morgan fingerprint density at radius 1 is 1.30 bits per heavy atom. The molecule has 0 saturated carbocycles. The number of rotatable bonds is 6. The van der Waals surface area contributed by atoms with Crippen LogP contribution >= 0.6 is 11.5 Å². The van der Waals surface area contributed by atoms with Crippen LogP contribution in [-0.4, -0.2) is 25.5 Å². The average Bonchev–Trinajstić information content (AvgIpc) is 3.12. The van der Waals surface area contributed by atoms with E-state index in [0.717, 1.165) is 33.6 Å². The summed E-state index contributed by atoms with van der Waals surface area (Å²) >= 11 is 1.10. The predicted octanol–water partition coefficient (Wildman–Crippen LogP) is 1.89. The minimum absolute atomic E-state index is 0.0162. The van der Waals surface area contributed by atoms with Crippen LogP contribution in [0.4, 0.5) is 0 Å². The summed E-state index contributed by atoms with van der Waals surface area (Å²) in [4.78, 5) is 38.1. The molecule has 0 unspecified atom stereocenters. The van der Waals surface area contributed by atoms with Gasteiger partial charge in [-0.25, -0.2) is 4.79 Å². The Kier molecular flexibility index (Phi) is 5.55. The number of hydrogen-bond donors (Lipinski definition) is 1. The zero-order chi connectivity index (χ0) is 19.6. The number of fused-ring (bicyclic) bond motifs is 1. The van der Waals surface area contributed by atoms with E-state index < -0.39 is 11.2 Å². The Morgan fingerprint density at radius 3 is 2.78 bits per heavy atom. The Labute approximate surface area is 160 Å². The van der Waals surface area contributed by atoms with Gasteiger partial charge in [-0.1, -0.05) is 36.8 Å². The smallest absolute Gasteiger partial charge is 0.332 e. The van der Waals surface area contributed by atoms with Gasteiger partial charge in [-0.2, -0.15) is 4.37 Å². The lowest BCUT2D eigenvalue weighted by molar-refractivity contribution is -0.122. The fraction of sp³-hybridized carbons (Fsp3) is 0.368. The molecule has 0 aliphatic carbocycles. The number of carbonyl (C=O) groups excluding carboxylic acids is 1. The van der Waals surface area contributed by atoms with E-state index >= 15 is 0 Å². The summed E-state index contributed by atoms with van der Waals surface area (Å²) in [6.07, 6.45) is 0.795. The van der Waals surface area contributed by atoms with Crippen molar-refractivity contribution in [3.63, 3.8) is 0 Å². The first-order valence-electron chi connectivity index (χ1n) is 8.83. The minimum atomic E-state index is -0.506. The first kappa shape index (κ1) is 19.0. The second-order valence-corrected chi connectivity index (χ2v) is 7.30. The first-order chi connectivity index (χ1) is 12.9. The van der Waals surface area contributed by atoms with Crippen LogP contribution in [0.25, 0.3) is 11.0 Å². The highest BCUT2D eigenvalue weighted by Gasteiger charge is 2.18. The lowest BCUT2D eigenvalue weighted by Crippen LogP contribution is -2.43. The molecule has 0 aliphatic rings. The Morgan fingerprint density at radius 2 is 2.07 bits per heavy atom. The van der Waals surface area contributed by atoms with Gasteiger partial charge >= 0.3 is 5.69 Å².